The largest absolute Gasteiger partial charge is 0.316 e. The molecule has 1 N–H and O–H groups in total. The van der Waals surface area contributed by atoms with E-state index in [1.165, 1.54) is 31.2 Å². The lowest BCUT2D eigenvalue weighted by Gasteiger charge is -2.35. The zero-order chi connectivity index (χ0) is 15.2. The lowest BCUT2D eigenvalue weighted by molar-refractivity contribution is 0.184. The summed E-state index contributed by atoms with van der Waals surface area (Å²) in [5.41, 5.74) is 1.32. The molecule has 3 atom stereocenters. The minimum atomic E-state index is 0.651. The maximum absolute atomic E-state index is 6.15. The van der Waals surface area contributed by atoms with Crippen LogP contribution in [0.25, 0.3) is 0 Å². The van der Waals surface area contributed by atoms with Gasteiger partial charge in [0.2, 0.25) is 0 Å². The summed E-state index contributed by atoms with van der Waals surface area (Å²) in [6.07, 6.45) is 6.39. The third-order valence-corrected chi connectivity index (χ3v) is 5.46. The topological polar surface area (TPSA) is 12.0 Å². The number of nitrogens with one attached hydrogen (secondary N) is 1. The minimum absolute atomic E-state index is 0.651. The molecule has 3 unspecified atom stereocenters. The molecule has 0 bridgehead atoms. The average molecular weight is 328 g/mol. The van der Waals surface area contributed by atoms with Crippen molar-refractivity contribution in [2.75, 3.05) is 13.1 Å². The average Bonchev–Trinajstić information content (AvgIpc) is 2.45. The first kappa shape index (κ1) is 17.1. The number of hydrogen-bond donors (Lipinski definition) is 1. The van der Waals surface area contributed by atoms with Gasteiger partial charge in [0.05, 0.1) is 10.0 Å². The Labute approximate surface area is 139 Å². The van der Waals surface area contributed by atoms with Crippen LogP contribution in [0, 0.1) is 17.8 Å². The van der Waals surface area contributed by atoms with Crippen LogP contribution >= 0.6 is 23.2 Å². The lowest BCUT2D eigenvalue weighted by Crippen LogP contribution is -2.34. The monoisotopic (exact) mass is 327 g/mol. The van der Waals surface area contributed by atoms with Crippen LogP contribution in [0.15, 0.2) is 18.2 Å². The van der Waals surface area contributed by atoms with Gasteiger partial charge in [0, 0.05) is 0 Å². The number of rotatable bonds is 6. The third-order valence-electron chi connectivity index (χ3n) is 4.72. The Balaban J connectivity index is 1.99. The first-order valence-corrected chi connectivity index (χ1v) is 9.00. The van der Waals surface area contributed by atoms with Crippen LogP contribution in [-0.4, -0.2) is 13.1 Å². The van der Waals surface area contributed by atoms with Crippen molar-refractivity contribution in [3.05, 3.63) is 33.8 Å². The molecule has 2 rings (SSSR count). The standard InChI is InChI=1S/C18H27Cl2N/c1-3-8-21-12-15-6-4-13(2)9-16(15)10-14-5-7-17(19)18(20)11-14/h5,7,11,13,15-16,21H,3-4,6,8-10,12H2,1-2H3. The third kappa shape index (κ3) is 5.16. The highest BCUT2D eigenvalue weighted by Crippen LogP contribution is 2.36. The maximum atomic E-state index is 6.15. The second kappa shape index (κ2) is 8.41. The Hall–Kier alpha value is -0.240. The van der Waals surface area contributed by atoms with E-state index in [0.29, 0.717) is 10.0 Å². The summed E-state index contributed by atoms with van der Waals surface area (Å²) < 4.78 is 0. The first-order chi connectivity index (χ1) is 10.1. The Bertz CT molecular complexity index is 447. The van der Waals surface area contributed by atoms with Gasteiger partial charge in [-0.2, -0.15) is 0 Å². The molecule has 118 valence electrons. The molecule has 0 radical (unpaired) electrons. The van der Waals surface area contributed by atoms with Gasteiger partial charge in [-0.3, -0.25) is 0 Å². The summed E-state index contributed by atoms with van der Waals surface area (Å²) in [5.74, 6) is 2.40. The molecule has 0 heterocycles. The van der Waals surface area contributed by atoms with Gasteiger partial charge in [0.25, 0.3) is 0 Å². The molecule has 0 amide bonds. The van der Waals surface area contributed by atoms with E-state index in [0.717, 1.165) is 37.3 Å². The molecular weight excluding hydrogens is 301 g/mol. The number of hydrogen-bond acceptors (Lipinski definition) is 1. The first-order valence-electron chi connectivity index (χ1n) is 8.24. The van der Waals surface area contributed by atoms with Crippen molar-refractivity contribution >= 4 is 23.2 Å². The van der Waals surface area contributed by atoms with Gasteiger partial charge in [-0.25, -0.2) is 0 Å². The second-order valence-electron chi connectivity index (χ2n) is 6.60. The van der Waals surface area contributed by atoms with E-state index in [2.05, 4.69) is 25.2 Å². The molecule has 21 heavy (non-hydrogen) atoms. The van der Waals surface area contributed by atoms with E-state index >= 15 is 0 Å². The Morgan fingerprint density at radius 2 is 1.95 bits per heavy atom. The quantitative estimate of drug-likeness (QED) is 0.671. The van der Waals surface area contributed by atoms with Crippen LogP contribution in [0.1, 0.15) is 45.1 Å². The number of benzene rings is 1. The lowest BCUT2D eigenvalue weighted by atomic mass is 9.72. The van der Waals surface area contributed by atoms with Crippen molar-refractivity contribution in [2.24, 2.45) is 17.8 Å². The van der Waals surface area contributed by atoms with Crippen LogP contribution in [-0.2, 0) is 6.42 Å². The fourth-order valence-corrected chi connectivity index (χ4v) is 3.83. The molecule has 1 aliphatic rings. The second-order valence-corrected chi connectivity index (χ2v) is 7.41. The van der Waals surface area contributed by atoms with E-state index < -0.39 is 0 Å². The molecular formula is C18H27Cl2N. The maximum Gasteiger partial charge on any atom is 0.0595 e. The van der Waals surface area contributed by atoms with Crippen molar-refractivity contribution in [1.29, 1.82) is 0 Å². The molecule has 3 heteroatoms. The summed E-state index contributed by atoms with van der Waals surface area (Å²) in [4.78, 5) is 0. The molecule has 1 saturated carbocycles. The van der Waals surface area contributed by atoms with Gasteiger partial charge in [-0.1, -0.05) is 49.5 Å². The molecule has 0 saturated heterocycles. The SMILES string of the molecule is CCCNCC1CCC(C)CC1Cc1ccc(Cl)c(Cl)c1. The smallest absolute Gasteiger partial charge is 0.0595 e. The Kier molecular flexibility index (Phi) is 6.85. The van der Waals surface area contributed by atoms with Crippen molar-refractivity contribution in [3.8, 4) is 0 Å². The molecule has 1 nitrogen and oxygen atoms in total. The van der Waals surface area contributed by atoms with E-state index in [1.807, 2.05) is 12.1 Å². The summed E-state index contributed by atoms with van der Waals surface area (Å²) in [6.45, 7) is 6.90. The van der Waals surface area contributed by atoms with E-state index in [1.54, 1.807) is 0 Å². The van der Waals surface area contributed by atoms with Crippen LogP contribution in [0.5, 0.6) is 0 Å². The van der Waals surface area contributed by atoms with E-state index in [-0.39, 0.29) is 0 Å². The van der Waals surface area contributed by atoms with Crippen LogP contribution in [0.3, 0.4) is 0 Å². The van der Waals surface area contributed by atoms with E-state index in [9.17, 15) is 0 Å². The molecule has 0 aromatic heterocycles. The van der Waals surface area contributed by atoms with Gasteiger partial charge in [0.15, 0.2) is 0 Å². The van der Waals surface area contributed by atoms with Crippen LogP contribution < -0.4 is 5.32 Å². The van der Waals surface area contributed by atoms with Gasteiger partial charge >= 0.3 is 0 Å². The molecule has 0 aliphatic heterocycles. The summed E-state index contributed by atoms with van der Waals surface area (Å²) in [6, 6.07) is 6.10. The van der Waals surface area contributed by atoms with Crippen molar-refractivity contribution < 1.29 is 0 Å². The van der Waals surface area contributed by atoms with E-state index in [4.69, 9.17) is 23.2 Å². The van der Waals surface area contributed by atoms with Crippen molar-refractivity contribution in [1.82, 2.24) is 5.32 Å². The Morgan fingerprint density at radius 3 is 2.67 bits per heavy atom. The molecule has 1 aromatic rings. The van der Waals surface area contributed by atoms with Crippen LogP contribution in [0.2, 0.25) is 10.0 Å². The molecule has 1 aliphatic carbocycles. The predicted octanol–water partition coefficient (Wildman–Crippen LogP) is 5.59. The molecule has 1 aromatic carbocycles. The highest BCUT2D eigenvalue weighted by atomic mass is 35.5. The van der Waals surface area contributed by atoms with Crippen molar-refractivity contribution in [2.45, 2.75) is 46.0 Å². The fraction of sp³-hybridized carbons (Fsp3) is 0.667. The van der Waals surface area contributed by atoms with Gasteiger partial charge < -0.3 is 5.32 Å². The summed E-state index contributed by atoms with van der Waals surface area (Å²) >= 11 is 12.2. The van der Waals surface area contributed by atoms with Gasteiger partial charge in [0.1, 0.15) is 0 Å². The van der Waals surface area contributed by atoms with Crippen LogP contribution in [0.4, 0.5) is 0 Å². The van der Waals surface area contributed by atoms with Gasteiger partial charge in [-0.05, 0) is 74.2 Å². The Morgan fingerprint density at radius 1 is 1.14 bits per heavy atom. The number of halogens is 2. The van der Waals surface area contributed by atoms with Crippen molar-refractivity contribution in [3.63, 3.8) is 0 Å². The highest BCUT2D eigenvalue weighted by Gasteiger charge is 2.28. The summed E-state index contributed by atoms with van der Waals surface area (Å²) in [7, 11) is 0. The molecule has 0 spiro atoms. The van der Waals surface area contributed by atoms with Gasteiger partial charge in [-0.15, -0.1) is 0 Å². The highest BCUT2D eigenvalue weighted by molar-refractivity contribution is 6.42. The zero-order valence-corrected chi connectivity index (χ0v) is 14.7. The zero-order valence-electron chi connectivity index (χ0n) is 13.2. The summed E-state index contributed by atoms with van der Waals surface area (Å²) in [5, 5.41) is 4.94. The fourth-order valence-electron chi connectivity index (χ4n) is 3.51. The normalized spacial score (nSPS) is 26.0. The minimum Gasteiger partial charge on any atom is -0.316 e. The predicted molar refractivity (Wildman–Crippen MR) is 93.3 cm³/mol. The molecule has 1 fully saturated rings.